The molecule has 122 valence electrons. The van der Waals surface area contributed by atoms with Crippen molar-refractivity contribution in [2.75, 3.05) is 6.54 Å². The predicted molar refractivity (Wildman–Crippen MR) is 89.8 cm³/mol. The molecule has 1 aliphatic carbocycles. The number of aryl methyl sites for hydroxylation is 1. The molecule has 1 aromatic carbocycles. The van der Waals surface area contributed by atoms with Crippen LogP contribution in [0.4, 0.5) is 0 Å². The molecule has 1 saturated carbocycles. The van der Waals surface area contributed by atoms with E-state index in [4.69, 9.17) is 0 Å². The standard InChI is InChI=1S/C19H29NO2/c1-14-7-9-16(10-8-14)19(2,3)12-18(22)20-13-15-5-4-6-17(21)11-15/h7-10,15,17,21H,4-6,11-13H2,1-3H3,(H,20,22). The van der Waals surface area contributed by atoms with Gasteiger partial charge >= 0.3 is 0 Å². The highest BCUT2D eigenvalue weighted by Gasteiger charge is 2.25. The normalized spacial score (nSPS) is 22.4. The van der Waals surface area contributed by atoms with Crippen molar-refractivity contribution in [3.8, 4) is 0 Å². The minimum absolute atomic E-state index is 0.102. The van der Waals surface area contributed by atoms with Crippen LogP contribution in [0.5, 0.6) is 0 Å². The second kappa shape index (κ2) is 7.28. The molecule has 1 aliphatic rings. The van der Waals surface area contributed by atoms with Gasteiger partial charge in [0, 0.05) is 13.0 Å². The molecule has 2 rings (SSSR count). The van der Waals surface area contributed by atoms with Gasteiger partial charge in [0.05, 0.1) is 6.10 Å². The Balaban J connectivity index is 1.84. The van der Waals surface area contributed by atoms with E-state index in [1.54, 1.807) is 0 Å². The van der Waals surface area contributed by atoms with E-state index in [2.05, 4.69) is 50.4 Å². The minimum atomic E-state index is -0.181. The lowest BCUT2D eigenvalue weighted by Gasteiger charge is -2.28. The Hall–Kier alpha value is -1.35. The van der Waals surface area contributed by atoms with E-state index in [-0.39, 0.29) is 17.4 Å². The lowest BCUT2D eigenvalue weighted by molar-refractivity contribution is -0.122. The van der Waals surface area contributed by atoms with Crippen LogP contribution in [-0.4, -0.2) is 23.7 Å². The first kappa shape index (κ1) is 17.0. The zero-order chi connectivity index (χ0) is 16.2. The van der Waals surface area contributed by atoms with Crippen LogP contribution < -0.4 is 5.32 Å². The van der Waals surface area contributed by atoms with Crippen LogP contribution in [0.15, 0.2) is 24.3 Å². The van der Waals surface area contributed by atoms with Crippen molar-refractivity contribution in [1.29, 1.82) is 0 Å². The summed E-state index contributed by atoms with van der Waals surface area (Å²) >= 11 is 0. The Kier molecular flexibility index (Phi) is 5.63. The Morgan fingerprint density at radius 2 is 1.95 bits per heavy atom. The maximum atomic E-state index is 12.2. The molecule has 3 heteroatoms. The van der Waals surface area contributed by atoms with Gasteiger partial charge in [0.25, 0.3) is 0 Å². The number of aliphatic hydroxyl groups excluding tert-OH is 1. The number of aliphatic hydroxyl groups is 1. The van der Waals surface area contributed by atoms with Gasteiger partial charge in [0.1, 0.15) is 0 Å². The predicted octanol–water partition coefficient (Wildman–Crippen LogP) is 3.33. The van der Waals surface area contributed by atoms with E-state index < -0.39 is 0 Å². The third-order valence-corrected chi connectivity index (χ3v) is 4.78. The molecular formula is C19H29NO2. The summed E-state index contributed by atoms with van der Waals surface area (Å²) in [5.74, 6) is 0.529. The van der Waals surface area contributed by atoms with E-state index >= 15 is 0 Å². The van der Waals surface area contributed by atoms with Crippen molar-refractivity contribution in [3.63, 3.8) is 0 Å². The summed E-state index contributed by atoms with van der Waals surface area (Å²) in [6.45, 7) is 6.99. The van der Waals surface area contributed by atoms with Crippen LogP contribution in [0.3, 0.4) is 0 Å². The molecule has 1 amide bonds. The van der Waals surface area contributed by atoms with Gasteiger partial charge < -0.3 is 10.4 Å². The Morgan fingerprint density at radius 3 is 2.59 bits per heavy atom. The Labute approximate surface area is 134 Å². The fourth-order valence-corrected chi connectivity index (χ4v) is 3.28. The number of amides is 1. The van der Waals surface area contributed by atoms with Gasteiger partial charge in [-0.1, -0.05) is 50.1 Å². The molecule has 0 saturated heterocycles. The number of benzene rings is 1. The molecule has 2 unspecified atom stereocenters. The van der Waals surface area contributed by atoms with Gasteiger partial charge in [0.15, 0.2) is 0 Å². The maximum Gasteiger partial charge on any atom is 0.220 e. The number of carbonyl (C=O) groups excluding carboxylic acids is 1. The highest BCUT2D eigenvalue weighted by Crippen LogP contribution is 2.27. The molecule has 0 spiro atoms. The highest BCUT2D eigenvalue weighted by molar-refractivity contribution is 5.77. The van der Waals surface area contributed by atoms with Crippen LogP contribution in [0.1, 0.15) is 57.1 Å². The largest absolute Gasteiger partial charge is 0.393 e. The van der Waals surface area contributed by atoms with Crippen molar-refractivity contribution in [2.45, 2.75) is 64.4 Å². The molecule has 0 heterocycles. The lowest BCUT2D eigenvalue weighted by Crippen LogP contribution is -2.36. The number of carbonyl (C=O) groups is 1. The van der Waals surface area contributed by atoms with Crippen LogP contribution in [0, 0.1) is 12.8 Å². The molecule has 0 aromatic heterocycles. The first-order chi connectivity index (χ1) is 10.4. The first-order valence-electron chi connectivity index (χ1n) is 8.39. The van der Waals surface area contributed by atoms with Crippen LogP contribution in [0.2, 0.25) is 0 Å². The smallest absolute Gasteiger partial charge is 0.220 e. The number of rotatable bonds is 5. The third-order valence-electron chi connectivity index (χ3n) is 4.78. The lowest BCUT2D eigenvalue weighted by atomic mass is 9.81. The fraction of sp³-hybridized carbons (Fsp3) is 0.632. The molecule has 1 fully saturated rings. The second-order valence-corrected chi connectivity index (χ2v) is 7.42. The number of nitrogens with one attached hydrogen (secondary N) is 1. The average molecular weight is 303 g/mol. The Morgan fingerprint density at radius 1 is 1.27 bits per heavy atom. The van der Waals surface area contributed by atoms with Gasteiger partial charge in [-0.15, -0.1) is 0 Å². The van der Waals surface area contributed by atoms with Crippen molar-refractivity contribution in [2.24, 2.45) is 5.92 Å². The zero-order valence-corrected chi connectivity index (χ0v) is 14.1. The zero-order valence-electron chi connectivity index (χ0n) is 14.1. The minimum Gasteiger partial charge on any atom is -0.393 e. The maximum absolute atomic E-state index is 12.2. The SMILES string of the molecule is Cc1ccc(C(C)(C)CC(=O)NCC2CCCC(O)C2)cc1. The topological polar surface area (TPSA) is 49.3 Å². The summed E-state index contributed by atoms with van der Waals surface area (Å²) in [4.78, 5) is 12.2. The van der Waals surface area contributed by atoms with E-state index in [1.807, 2.05) is 0 Å². The molecule has 22 heavy (non-hydrogen) atoms. The molecule has 0 aliphatic heterocycles. The molecular weight excluding hydrogens is 274 g/mol. The van der Waals surface area contributed by atoms with E-state index in [0.717, 1.165) is 25.7 Å². The first-order valence-corrected chi connectivity index (χ1v) is 8.39. The van der Waals surface area contributed by atoms with Crippen LogP contribution in [-0.2, 0) is 10.2 Å². The van der Waals surface area contributed by atoms with Gasteiger partial charge in [0.2, 0.25) is 5.91 Å². The van der Waals surface area contributed by atoms with Crippen molar-refractivity contribution in [1.82, 2.24) is 5.32 Å². The highest BCUT2D eigenvalue weighted by atomic mass is 16.3. The summed E-state index contributed by atoms with van der Waals surface area (Å²) in [6.07, 6.45) is 4.22. The van der Waals surface area contributed by atoms with Crippen LogP contribution >= 0.6 is 0 Å². The monoisotopic (exact) mass is 303 g/mol. The summed E-state index contributed by atoms with van der Waals surface area (Å²) in [5.41, 5.74) is 2.27. The fourth-order valence-electron chi connectivity index (χ4n) is 3.28. The summed E-state index contributed by atoms with van der Waals surface area (Å²) < 4.78 is 0. The molecule has 0 bridgehead atoms. The summed E-state index contributed by atoms with van der Waals surface area (Å²) in [7, 11) is 0. The summed E-state index contributed by atoms with van der Waals surface area (Å²) in [6, 6.07) is 8.41. The molecule has 0 radical (unpaired) electrons. The summed E-state index contributed by atoms with van der Waals surface area (Å²) in [5, 5.41) is 12.7. The van der Waals surface area contributed by atoms with Gasteiger partial charge in [-0.05, 0) is 43.1 Å². The number of hydrogen-bond acceptors (Lipinski definition) is 2. The van der Waals surface area contributed by atoms with Crippen molar-refractivity contribution >= 4 is 5.91 Å². The van der Waals surface area contributed by atoms with Crippen molar-refractivity contribution < 1.29 is 9.90 Å². The molecule has 3 nitrogen and oxygen atoms in total. The van der Waals surface area contributed by atoms with Crippen molar-refractivity contribution in [3.05, 3.63) is 35.4 Å². The third kappa shape index (κ3) is 4.84. The Bertz CT molecular complexity index is 493. The van der Waals surface area contributed by atoms with Gasteiger partial charge in [-0.3, -0.25) is 4.79 Å². The molecule has 1 aromatic rings. The van der Waals surface area contributed by atoms with Gasteiger partial charge in [-0.25, -0.2) is 0 Å². The van der Waals surface area contributed by atoms with E-state index in [9.17, 15) is 9.90 Å². The molecule has 2 atom stereocenters. The van der Waals surface area contributed by atoms with Gasteiger partial charge in [-0.2, -0.15) is 0 Å². The number of hydrogen-bond donors (Lipinski definition) is 2. The molecule has 2 N–H and O–H groups in total. The average Bonchev–Trinajstić information content (AvgIpc) is 2.45. The second-order valence-electron chi connectivity index (χ2n) is 7.42. The van der Waals surface area contributed by atoms with Crippen LogP contribution in [0.25, 0.3) is 0 Å². The quantitative estimate of drug-likeness (QED) is 0.876. The van der Waals surface area contributed by atoms with E-state index in [0.29, 0.717) is 18.9 Å². The van der Waals surface area contributed by atoms with E-state index in [1.165, 1.54) is 11.1 Å².